The summed E-state index contributed by atoms with van der Waals surface area (Å²) in [6.07, 6.45) is 3.72. The van der Waals surface area contributed by atoms with Crippen LogP contribution in [0.25, 0.3) is 0 Å². The lowest BCUT2D eigenvalue weighted by Gasteiger charge is -2.24. The van der Waals surface area contributed by atoms with Gasteiger partial charge in [0.25, 0.3) is 0 Å². The molecule has 3 heteroatoms. The largest absolute Gasteiger partial charge is 0.388 e. The van der Waals surface area contributed by atoms with Crippen molar-refractivity contribution in [2.75, 3.05) is 30.5 Å². The average molecular weight is 253 g/mol. The second-order valence-corrected chi connectivity index (χ2v) is 5.24. The Labute approximate surface area is 109 Å². The smallest absolute Gasteiger partial charge is 0.0807 e. The first-order chi connectivity index (χ1) is 8.20. The van der Waals surface area contributed by atoms with Gasteiger partial charge in [0.1, 0.15) is 0 Å². The van der Waals surface area contributed by atoms with Crippen LogP contribution in [0.2, 0.25) is 0 Å². The molecule has 0 fully saturated rings. The summed E-state index contributed by atoms with van der Waals surface area (Å²) < 4.78 is 0. The molecule has 0 bridgehead atoms. The number of aliphatic hydroxyl groups is 1. The van der Waals surface area contributed by atoms with Crippen LogP contribution in [-0.2, 0) is 0 Å². The summed E-state index contributed by atoms with van der Waals surface area (Å²) in [7, 11) is 2.10. The highest BCUT2D eigenvalue weighted by Gasteiger charge is 2.12. The fraction of sp³-hybridized carbons (Fsp3) is 0.571. The molecule has 1 atom stereocenters. The van der Waals surface area contributed by atoms with Crippen molar-refractivity contribution in [2.24, 2.45) is 0 Å². The van der Waals surface area contributed by atoms with Crippen LogP contribution in [0.1, 0.15) is 31.4 Å². The van der Waals surface area contributed by atoms with Crippen LogP contribution in [0.5, 0.6) is 0 Å². The standard InChI is InChI=1S/C14H23NOS/c1-4-14(16)12-8-5-6-9-13(12)15(2)10-7-11-17-3/h5-6,8-9,14,16H,4,7,10-11H2,1-3H3/t14-/m1/s1. The fourth-order valence-electron chi connectivity index (χ4n) is 1.90. The topological polar surface area (TPSA) is 23.5 Å². The van der Waals surface area contributed by atoms with Crippen molar-refractivity contribution in [2.45, 2.75) is 25.9 Å². The van der Waals surface area contributed by atoms with Crippen LogP contribution in [0, 0.1) is 0 Å². The number of rotatable bonds is 7. The Morgan fingerprint density at radius 3 is 2.71 bits per heavy atom. The van der Waals surface area contributed by atoms with Crippen LogP contribution >= 0.6 is 11.8 Å². The maximum Gasteiger partial charge on any atom is 0.0807 e. The number of aliphatic hydroxyl groups excluding tert-OH is 1. The summed E-state index contributed by atoms with van der Waals surface area (Å²) >= 11 is 1.88. The van der Waals surface area contributed by atoms with Gasteiger partial charge in [-0.05, 0) is 30.9 Å². The zero-order valence-corrected chi connectivity index (χ0v) is 11.8. The molecule has 0 radical (unpaired) electrons. The number of thioether (sulfide) groups is 1. The Bertz CT molecular complexity index is 330. The van der Waals surface area contributed by atoms with E-state index in [-0.39, 0.29) is 6.10 Å². The number of benzene rings is 1. The lowest BCUT2D eigenvalue weighted by molar-refractivity contribution is 0.174. The normalized spacial score (nSPS) is 12.5. The molecule has 0 aliphatic heterocycles. The predicted molar refractivity (Wildman–Crippen MR) is 78.0 cm³/mol. The molecule has 0 aliphatic carbocycles. The molecule has 0 amide bonds. The van der Waals surface area contributed by atoms with Gasteiger partial charge in [-0.25, -0.2) is 0 Å². The van der Waals surface area contributed by atoms with Crippen molar-refractivity contribution in [1.82, 2.24) is 0 Å². The Morgan fingerprint density at radius 2 is 2.06 bits per heavy atom. The van der Waals surface area contributed by atoms with E-state index in [1.165, 1.54) is 12.2 Å². The maximum atomic E-state index is 10.00. The summed E-state index contributed by atoms with van der Waals surface area (Å²) in [6.45, 7) is 3.05. The number of anilines is 1. The molecule has 0 spiro atoms. The van der Waals surface area contributed by atoms with E-state index in [1.807, 2.05) is 36.9 Å². The fourth-order valence-corrected chi connectivity index (χ4v) is 2.32. The highest BCUT2D eigenvalue weighted by atomic mass is 32.2. The van der Waals surface area contributed by atoms with Gasteiger partial charge < -0.3 is 10.0 Å². The molecule has 1 rings (SSSR count). The van der Waals surface area contributed by atoms with Crippen molar-refractivity contribution < 1.29 is 5.11 Å². The van der Waals surface area contributed by atoms with Gasteiger partial charge in [0.15, 0.2) is 0 Å². The van der Waals surface area contributed by atoms with Gasteiger partial charge in [-0.3, -0.25) is 0 Å². The van der Waals surface area contributed by atoms with Crippen molar-refractivity contribution >= 4 is 17.4 Å². The van der Waals surface area contributed by atoms with Crippen molar-refractivity contribution in [3.63, 3.8) is 0 Å². The average Bonchev–Trinajstić information content (AvgIpc) is 2.38. The molecule has 0 saturated carbocycles. The monoisotopic (exact) mass is 253 g/mol. The molecule has 1 N–H and O–H groups in total. The molecule has 0 aliphatic rings. The number of para-hydroxylation sites is 1. The summed E-state index contributed by atoms with van der Waals surface area (Å²) in [4.78, 5) is 2.24. The molecule has 2 nitrogen and oxygen atoms in total. The van der Waals surface area contributed by atoms with Crippen molar-refractivity contribution in [3.8, 4) is 0 Å². The van der Waals surface area contributed by atoms with Gasteiger partial charge in [0, 0.05) is 24.8 Å². The lowest BCUT2D eigenvalue weighted by Crippen LogP contribution is -2.21. The Hall–Kier alpha value is -0.670. The predicted octanol–water partition coefficient (Wildman–Crippen LogP) is 3.32. The SMILES string of the molecule is CC[C@@H](O)c1ccccc1N(C)CCCSC. The second kappa shape index (κ2) is 7.62. The highest BCUT2D eigenvalue weighted by molar-refractivity contribution is 7.98. The molecule has 0 saturated heterocycles. The second-order valence-electron chi connectivity index (χ2n) is 4.25. The van der Waals surface area contributed by atoms with E-state index in [2.05, 4.69) is 24.3 Å². The third-order valence-corrected chi connectivity index (χ3v) is 3.63. The zero-order chi connectivity index (χ0) is 12.7. The van der Waals surface area contributed by atoms with Crippen molar-refractivity contribution in [3.05, 3.63) is 29.8 Å². The molecule has 1 aromatic rings. The van der Waals surface area contributed by atoms with Crippen LogP contribution in [0.15, 0.2) is 24.3 Å². The van der Waals surface area contributed by atoms with Crippen LogP contribution < -0.4 is 4.90 Å². The number of hydrogen-bond acceptors (Lipinski definition) is 3. The maximum absolute atomic E-state index is 10.00. The molecule has 96 valence electrons. The highest BCUT2D eigenvalue weighted by Crippen LogP contribution is 2.27. The molecule has 0 heterocycles. The molecular formula is C14H23NOS. The molecular weight excluding hydrogens is 230 g/mol. The summed E-state index contributed by atoms with van der Waals surface area (Å²) in [5.74, 6) is 1.18. The first-order valence-corrected chi connectivity index (χ1v) is 7.57. The van der Waals surface area contributed by atoms with Gasteiger partial charge >= 0.3 is 0 Å². The Balaban J connectivity index is 2.74. The molecule has 0 aromatic heterocycles. The van der Waals surface area contributed by atoms with E-state index in [0.717, 1.165) is 24.2 Å². The number of nitrogens with zero attached hydrogens (tertiary/aromatic N) is 1. The molecule has 1 aromatic carbocycles. The third-order valence-electron chi connectivity index (χ3n) is 2.94. The van der Waals surface area contributed by atoms with E-state index in [0.29, 0.717) is 0 Å². The number of hydrogen-bond donors (Lipinski definition) is 1. The molecule has 0 unspecified atom stereocenters. The van der Waals surface area contributed by atoms with Crippen LogP contribution in [0.3, 0.4) is 0 Å². The van der Waals surface area contributed by atoms with Crippen molar-refractivity contribution in [1.29, 1.82) is 0 Å². The van der Waals surface area contributed by atoms with E-state index in [9.17, 15) is 5.11 Å². The van der Waals surface area contributed by atoms with Crippen LogP contribution in [-0.4, -0.2) is 30.7 Å². The first kappa shape index (κ1) is 14.4. The Morgan fingerprint density at radius 1 is 1.35 bits per heavy atom. The van der Waals surface area contributed by atoms with Gasteiger partial charge in [-0.15, -0.1) is 0 Å². The first-order valence-electron chi connectivity index (χ1n) is 6.17. The van der Waals surface area contributed by atoms with Gasteiger partial charge in [0.2, 0.25) is 0 Å². The minimum Gasteiger partial charge on any atom is -0.388 e. The zero-order valence-electron chi connectivity index (χ0n) is 11.0. The summed E-state index contributed by atoms with van der Waals surface area (Å²) in [6, 6.07) is 8.14. The minimum absolute atomic E-state index is 0.353. The summed E-state index contributed by atoms with van der Waals surface area (Å²) in [5, 5.41) is 10.00. The van der Waals surface area contributed by atoms with E-state index in [4.69, 9.17) is 0 Å². The Kier molecular flexibility index (Phi) is 6.45. The van der Waals surface area contributed by atoms with Gasteiger partial charge in [-0.2, -0.15) is 11.8 Å². The van der Waals surface area contributed by atoms with E-state index < -0.39 is 0 Å². The lowest BCUT2D eigenvalue weighted by atomic mass is 10.0. The third kappa shape index (κ3) is 4.25. The summed E-state index contributed by atoms with van der Waals surface area (Å²) in [5.41, 5.74) is 2.20. The van der Waals surface area contributed by atoms with Gasteiger partial charge in [0.05, 0.1) is 6.10 Å². The van der Waals surface area contributed by atoms with Gasteiger partial charge in [-0.1, -0.05) is 25.1 Å². The van der Waals surface area contributed by atoms with E-state index in [1.54, 1.807) is 0 Å². The minimum atomic E-state index is -0.353. The van der Waals surface area contributed by atoms with E-state index >= 15 is 0 Å². The van der Waals surface area contributed by atoms with Crippen LogP contribution in [0.4, 0.5) is 5.69 Å². The quantitative estimate of drug-likeness (QED) is 0.754. The molecule has 17 heavy (non-hydrogen) atoms.